The van der Waals surface area contributed by atoms with Crippen molar-refractivity contribution in [2.75, 3.05) is 12.4 Å². The number of amides is 1. The molecule has 0 aromatic heterocycles. The Morgan fingerprint density at radius 3 is 2.54 bits per heavy atom. The minimum Gasteiger partial charge on any atom is -0.495 e. The third-order valence-electron chi connectivity index (χ3n) is 2.86. The lowest BCUT2D eigenvalue weighted by Crippen LogP contribution is -2.34. The third kappa shape index (κ3) is 4.49. The fourth-order valence-corrected chi connectivity index (χ4v) is 3.44. The van der Waals surface area contributed by atoms with Gasteiger partial charge in [-0.3, -0.25) is 10.1 Å². The summed E-state index contributed by atoms with van der Waals surface area (Å²) >= 11 is 11.6. The normalized spacial score (nSPS) is 10.2. The average molecular weight is 480 g/mol. The summed E-state index contributed by atoms with van der Waals surface area (Å²) in [7, 11) is 1.43. The van der Waals surface area contributed by atoms with Crippen LogP contribution < -0.4 is 15.4 Å². The second kappa shape index (κ2) is 8.00. The van der Waals surface area contributed by atoms with Crippen molar-refractivity contribution in [1.82, 2.24) is 5.32 Å². The van der Waals surface area contributed by atoms with Gasteiger partial charge in [0.2, 0.25) is 0 Å². The molecule has 0 atom stereocenters. The summed E-state index contributed by atoms with van der Waals surface area (Å²) in [5, 5.41) is 4.78. The second-order valence-corrected chi connectivity index (χ2v) is 6.68. The van der Waals surface area contributed by atoms with Crippen LogP contribution in [0.2, 0.25) is 0 Å². The predicted octanol–water partition coefficient (Wildman–Crippen LogP) is 4.63. The maximum Gasteiger partial charge on any atom is 0.261 e. The smallest absolute Gasteiger partial charge is 0.261 e. The third-order valence-corrected chi connectivity index (χ3v) is 4.11. The molecule has 2 aromatic carbocycles. The van der Waals surface area contributed by atoms with E-state index in [9.17, 15) is 13.6 Å². The topological polar surface area (TPSA) is 50.4 Å². The zero-order chi connectivity index (χ0) is 17.9. The predicted molar refractivity (Wildman–Crippen MR) is 98.4 cm³/mol. The van der Waals surface area contributed by atoms with E-state index in [4.69, 9.17) is 17.0 Å². The van der Waals surface area contributed by atoms with Crippen LogP contribution >= 0.6 is 44.1 Å². The van der Waals surface area contributed by atoms with Gasteiger partial charge in [-0.25, -0.2) is 8.78 Å². The molecular weight excluding hydrogens is 470 g/mol. The summed E-state index contributed by atoms with van der Waals surface area (Å²) in [4.78, 5) is 12.4. The molecule has 2 aromatic rings. The number of thiocarbonyl (C=S) groups is 1. The number of rotatable bonds is 3. The van der Waals surface area contributed by atoms with Crippen LogP contribution in [0.5, 0.6) is 5.75 Å². The van der Waals surface area contributed by atoms with Crippen molar-refractivity contribution in [1.29, 1.82) is 0 Å². The van der Waals surface area contributed by atoms with Gasteiger partial charge < -0.3 is 10.1 Å². The largest absolute Gasteiger partial charge is 0.495 e. The van der Waals surface area contributed by atoms with Gasteiger partial charge in [0.1, 0.15) is 17.4 Å². The maximum absolute atomic E-state index is 13.6. The number of nitrogens with one attached hydrogen (secondary N) is 2. The highest BCUT2D eigenvalue weighted by atomic mass is 79.9. The molecule has 1 amide bonds. The Balaban J connectivity index is 2.16. The highest BCUT2D eigenvalue weighted by Gasteiger charge is 2.18. The Kier molecular flexibility index (Phi) is 6.25. The van der Waals surface area contributed by atoms with Gasteiger partial charge in [-0.1, -0.05) is 15.9 Å². The molecule has 126 valence electrons. The van der Waals surface area contributed by atoms with Crippen LogP contribution in [0.25, 0.3) is 0 Å². The monoisotopic (exact) mass is 478 g/mol. The molecule has 4 nitrogen and oxygen atoms in total. The number of carbonyl (C=O) groups excluding carboxylic acids is 1. The molecule has 0 aliphatic carbocycles. The molecule has 2 rings (SSSR count). The van der Waals surface area contributed by atoms with Gasteiger partial charge in [-0.2, -0.15) is 0 Å². The Morgan fingerprint density at radius 2 is 1.92 bits per heavy atom. The van der Waals surface area contributed by atoms with E-state index in [1.807, 2.05) is 0 Å². The van der Waals surface area contributed by atoms with Crippen molar-refractivity contribution in [3.8, 4) is 5.75 Å². The van der Waals surface area contributed by atoms with Gasteiger partial charge >= 0.3 is 0 Å². The molecule has 9 heteroatoms. The number of hydrogen-bond acceptors (Lipinski definition) is 3. The molecule has 2 N–H and O–H groups in total. The van der Waals surface area contributed by atoms with Crippen LogP contribution in [0.15, 0.2) is 39.3 Å². The molecule has 0 heterocycles. The lowest BCUT2D eigenvalue weighted by Gasteiger charge is -2.13. The first-order chi connectivity index (χ1) is 11.3. The Hall–Kier alpha value is -1.58. The van der Waals surface area contributed by atoms with Crippen molar-refractivity contribution in [2.45, 2.75) is 0 Å². The minimum absolute atomic E-state index is 0.0518. The van der Waals surface area contributed by atoms with E-state index in [1.165, 1.54) is 13.2 Å². The Morgan fingerprint density at radius 1 is 1.21 bits per heavy atom. The number of ether oxygens (including phenoxy) is 1. The first kappa shape index (κ1) is 18.8. The van der Waals surface area contributed by atoms with Gasteiger partial charge in [-0.05, 0) is 52.4 Å². The van der Waals surface area contributed by atoms with Gasteiger partial charge in [0.25, 0.3) is 5.91 Å². The number of benzene rings is 2. The van der Waals surface area contributed by atoms with Gasteiger partial charge in [-0.15, -0.1) is 0 Å². The van der Waals surface area contributed by atoms with E-state index in [1.54, 1.807) is 12.1 Å². The summed E-state index contributed by atoms with van der Waals surface area (Å²) in [5.41, 5.74) is 0.173. The number of anilines is 1. The Labute approximate surface area is 158 Å². The van der Waals surface area contributed by atoms with Crippen molar-refractivity contribution in [2.24, 2.45) is 0 Å². The molecule has 0 radical (unpaired) electrons. The number of methoxy groups -OCH3 is 1. The number of hydrogen-bond donors (Lipinski definition) is 2. The van der Waals surface area contributed by atoms with Crippen LogP contribution in [0.3, 0.4) is 0 Å². The van der Waals surface area contributed by atoms with Crippen molar-refractivity contribution >= 4 is 60.8 Å². The van der Waals surface area contributed by atoms with Crippen LogP contribution in [0.4, 0.5) is 14.5 Å². The molecule has 0 unspecified atom stereocenters. The van der Waals surface area contributed by atoms with Crippen LogP contribution in [-0.2, 0) is 0 Å². The van der Waals surface area contributed by atoms with E-state index in [0.29, 0.717) is 20.8 Å². The zero-order valence-electron chi connectivity index (χ0n) is 12.1. The number of carbonyl (C=O) groups is 1. The highest BCUT2D eigenvalue weighted by Crippen LogP contribution is 2.32. The van der Waals surface area contributed by atoms with Crippen LogP contribution in [0, 0.1) is 11.6 Å². The van der Waals surface area contributed by atoms with E-state index in [2.05, 4.69) is 42.5 Å². The lowest BCUT2D eigenvalue weighted by atomic mass is 10.2. The summed E-state index contributed by atoms with van der Waals surface area (Å²) < 4.78 is 32.9. The molecule has 0 spiro atoms. The Bertz CT molecular complexity index is 818. The van der Waals surface area contributed by atoms with E-state index >= 15 is 0 Å². The van der Waals surface area contributed by atoms with Gasteiger partial charge in [0.15, 0.2) is 5.11 Å². The lowest BCUT2D eigenvalue weighted by molar-refractivity contribution is 0.0974. The van der Waals surface area contributed by atoms with Crippen molar-refractivity contribution in [3.05, 3.63) is 56.5 Å². The van der Waals surface area contributed by atoms with Crippen LogP contribution in [-0.4, -0.2) is 18.1 Å². The van der Waals surface area contributed by atoms with Crippen molar-refractivity contribution < 1.29 is 18.3 Å². The van der Waals surface area contributed by atoms with E-state index < -0.39 is 17.5 Å². The quantitative estimate of drug-likeness (QED) is 0.630. The SMILES string of the molecule is COc1c(Br)cc(Br)cc1C(=O)NC(=S)Nc1ccc(F)cc1F. The van der Waals surface area contributed by atoms with Gasteiger partial charge in [0.05, 0.1) is 22.8 Å². The molecule has 24 heavy (non-hydrogen) atoms. The molecule has 0 aliphatic heterocycles. The van der Waals surface area contributed by atoms with Crippen molar-refractivity contribution in [3.63, 3.8) is 0 Å². The second-order valence-electron chi connectivity index (χ2n) is 4.50. The van der Waals surface area contributed by atoms with Crippen LogP contribution in [0.1, 0.15) is 10.4 Å². The molecule has 0 saturated carbocycles. The fraction of sp³-hybridized carbons (Fsp3) is 0.0667. The maximum atomic E-state index is 13.6. The van der Waals surface area contributed by atoms with E-state index in [-0.39, 0.29) is 16.4 Å². The summed E-state index contributed by atoms with van der Waals surface area (Å²) in [6.07, 6.45) is 0. The first-order valence-corrected chi connectivity index (χ1v) is 8.41. The summed E-state index contributed by atoms with van der Waals surface area (Å²) in [5.74, 6) is -1.76. The average Bonchev–Trinajstić information content (AvgIpc) is 2.49. The zero-order valence-corrected chi connectivity index (χ0v) is 16.1. The van der Waals surface area contributed by atoms with Gasteiger partial charge in [0, 0.05) is 10.5 Å². The summed E-state index contributed by atoms with van der Waals surface area (Å²) in [6, 6.07) is 6.24. The first-order valence-electron chi connectivity index (χ1n) is 6.42. The molecule has 0 saturated heterocycles. The fourth-order valence-electron chi connectivity index (χ4n) is 1.85. The van der Waals surface area contributed by atoms with E-state index in [0.717, 1.165) is 6.07 Å². The summed E-state index contributed by atoms with van der Waals surface area (Å²) in [6.45, 7) is 0. The minimum atomic E-state index is -0.825. The molecule has 0 bridgehead atoms. The molecular formula is C15H10Br2F2N2O2S. The highest BCUT2D eigenvalue weighted by molar-refractivity contribution is 9.11. The number of halogens is 4. The molecule has 0 aliphatic rings. The standard InChI is InChI=1S/C15H10Br2F2N2O2S/c1-23-13-9(4-7(16)5-10(13)17)14(22)21-15(24)20-12-3-2-8(18)6-11(12)19/h2-6H,1H3,(H2,20,21,22,24). The molecule has 0 fully saturated rings.